The zero-order valence-electron chi connectivity index (χ0n) is 15.9. The number of nitrogens with one attached hydrogen (secondary N) is 1. The Hall–Kier alpha value is -3.42. The Morgan fingerprint density at radius 1 is 1.04 bits per heavy atom. The van der Waals surface area contributed by atoms with Crippen molar-refractivity contribution in [1.29, 1.82) is 0 Å². The van der Waals surface area contributed by atoms with Crippen LogP contribution < -0.4 is 10.1 Å². The van der Waals surface area contributed by atoms with Gasteiger partial charge in [-0.15, -0.1) is 0 Å². The van der Waals surface area contributed by atoms with E-state index in [2.05, 4.69) is 5.32 Å². The maximum Gasteiger partial charge on any atom is 0.269 e. The van der Waals surface area contributed by atoms with Crippen LogP contribution in [0.3, 0.4) is 0 Å². The van der Waals surface area contributed by atoms with Crippen molar-refractivity contribution in [2.45, 2.75) is 20.3 Å². The van der Waals surface area contributed by atoms with Gasteiger partial charge in [0.1, 0.15) is 5.75 Å². The lowest BCUT2D eigenvalue weighted by atomic mass is 10.1. The lowest BCUT2D eigenvalue weighted by Crippen LogP contribution is -2.30. The second kappa shape index (κ2) is 10.1. The summed E-state index contributed by atoms with van der Waals surface area (Å²) < 4.78 is 5.42. The molecule has 148 valence electrons. The van der Waals surface area contributed by atoms with Crippen LogP contribution in [0.5, 0.6) is 5.75 Å². The van der Waals surface area contributed by atoms with Gasteiger partial charge in [0, 0.05) is 36.5 Å². The van der Waals surface area contributed by atoms with Gasteiger partial charge in [0.15, 0.2) is 0 Å². The Balaban J connectivity index is 1.81. The highest BCUT2D eigenvalue weighted by molar-refractivity contribution is 5.95. The van der Waals surface area contributed by atoms with E-state index in [1.807, 2.05) is 13.8 Å². The van der Waals surface area contributed by atoms with E-state index in [9.17, 15) is 19.7 Å². The average Bonchev–Trinajstić information content (AvgIpc) is 2.69. The van der Waals surface area contributed by atoms with Crippen molar-refractivity contribution >= 4 is 23.2 Å². The number of amides is 2. The van der Waals surface area contributed by atoms with E-state index in [0.29, 0.717) is 30.1 Å². The number of carbonyl (C=O) groups excluding carboxylic acids is 2. The molecule has 0 saturated heterocycles. The van der Waals surface area contributed by atoms with E-state index < -0.39 is 4.92 Å². The number of anilines is 1. The van der Waals surface area contributed by atoms with Gasteiger partial charge >= 0.3 is 0 Å². The molecule has 2 aromatic carbocycles. The number of hydrogen-bond donors (Lipinski definition) is 1. The Bertz CT molecular complexity index is 815. The van der Waals surface area contributed by atoms with E-state index in [4.69, 9.17) is 4.74 Å². The summed E-state index contributed by atoms with van der Waals surface area (Å²) in [6, 6.07) is 12.4. The van der Waals surface area contributed by atoms with Crippen LogP contribution >= 0.6 is 0 Å². The summed E-state index contributed by atoms with van der Waals surface area (Å²) in [6.45, 7) is 5.27. The highest BCUT2D eigenvalue weighted by Crippen LogP contribution is 2.17. The highest BCUT2D eigenvalue weighted by Gasteiger charge is 2.12. The molecule has 8 heteroatoms. The second-order valence-corrected chi connectivity index (χ2v) is 5.95. The molecule has 0 spiro atoms. The molecule has 2 amide bonds. The third-order valence-corrected chi connectivity index (χ3v) is 4.11. The molecular weight excluding hydrogens is 362 g/mol. The Kier molecular flexibility index (Phi) is 7.50. The standard InChI is InChI=1S/C20H23N3O5/c1-3-22(4-2)20(25)15-5-7-16(8-6-15)21-19(24)13-14-28-18-11-9-17(10-12-18)23(26)27/h5-12H,3-4,13-14H2,1-2H3,(H,21,24). The van der Waals surface area contributed by atoms with Gasteiger partial charge in [0.2, 0.25) is 5.91 Å². The molecule has 0 atom stereocenters. The number of non-ortho nitro benzene ring substituents is 1. The van der Waals surface area contributed by atoms with E-state index in [1.54, 1.807) is 29.2 Å². The van der Waals surface area contributed by atoms with Gasteiger partial charge in [0.05, 0.1) is 18.0 Å². The minimum atomic E-state index is -0.488. The number of nitro benzene ring substituents is 1. The molecule has 0 bridgehead atoms. The molecule has 28 heavy (non-hydrogen) atoms. The molecule has 0 radical (unpaired) electrons. The predicted octanol–water partition coefficient (Wildman–Crippen LogP) is 3.48. The maximum atomic E-state index is 12.3. The van der Waals surface area contributed by atoms with E-state index >= 15 is 0 Å². The molecule has 2 rings (SSSR count). The SMILES string of the molecule is CCN(CC)C(=O)c1ccc(NC(=O)CCOc2ccc([N+](=O)[O-])cc2)cc1. The number of nitro groups is 1. The van der Waals surface area contributed by atoms with Crippen LogP contribution in [0, 0.1) is 10.1 Å². The van der Waals surface area contributed by atoms with Crippen LogP contribution in [0.25, 0.3) is 0 Å². The zero-order valence-corrected chi connectivity index (χ0v) is 15.9. The third-order valence-electron chi connectivity index (χ3n) is 4.11. The van der Waals surface area contributed by atoms with Crippen LogP contribution in [-0.4, -0.2) is 41.3 Å². The molecule has 1 N–H and O–H groups in total. The molecule has 8 nitrogen and oxygen atoms in total. The van der Waals surface area contributed by atoms with E-state index in [-0.39, 0.29) is 30.5 Å². The van der Waals surface area contributed by atoms with Crippen LogP contribution in [-0.2, 0) is 4.79 Å². The molecule has 0 aliphatic heterocycles. The second-order valence-electron chi connectivity index (χ2n) is 5.95. The van der Waals surface area contributed by atoms with E-state index in [0.717, 1.165) is 0 Å². The molecule has 0 aliphatic carbocycles. The predicted molar refractivity (Wildman–Crippen MR) is 106 cm³/mol. The largest absolute Gasteiger partial charge is 0.493 e. The number of ether oxygens (including phenoxy) is 1. The average molecular weight is 385 g/mol. The first-order valence-corrected chi connectivity index (χ1v) is 9.01. The Labute approximate surface area is 163 Å². The molecule has 0 aromatic heterocycles. The topological polar surface area (TPSA) is 102 Å². The van der Waals surface area contributed by atoms with Crippen molar-refractivity contribution in [3.05, 3.63) is 64.2 Å². The number of nitrogens with zero attached hydrogens (tertiary/aromatic N) is 2. The molecule has 0 unspecified atom stereocenters. The summed E-state index contributed by atoms with van der Waals surface area (Å²) >= 11 is 0. The third kappa shape index (κ3) is 5.80. The molecule has 2 aromatic rings. The van der Waals surface area contributed by atoms with Crippen molar-refractivity contribution in [3.63, 3.8) is 0 Å². The van der Waals surface area contributed by atoms with Gasteiger partial charge in [-0.3, -0.25) is 19.7 Å². The maximum absolute atomic E-state index is 12.3. The summed E-state index contributed by atoms with van der Waals surface area (Å²) in [4.78, 5) is 36.1. The van der Waals surface area contributed by atoms with Gasteiger partial charge in [-0.25, -0.2) is 0 Å². The van der Waals surface area contributed by atoms with E-state index in [1.165, 1.54) is 24.3 Å². The minimum Gasteiger partial charge on any atom is -0.493 e. The van der Waals surface area contributed by atoms with Gasteiger partial charge in [-0.2, -0.15) is 0 Å². The fourth-order valence-electron chi connectivity index (χ4n) is 2.54. The zero-order chi connectivity index (χ0) is 20.5. The smallest absolute Gasteiger partial charge is 0.269 e. The summed E-state index contributed by atoms with van der Waals surface area (Å²) in [5.74, 6) is 0.182. The minimum absolute atomic E-state index is 0.0204. The van der Waals surface area contributed by atoms with Gasteiger partial charge in [0.25, 0.3) is 11.6 Å². The fraction of sp³-hybridized carbons (Fsp3) is 0.300. The summed E-state index contributed by atoms with van der Waals surface area (Å²) in [7, 11) is 0. The monoisotopic (exact) mass is 385 g/mol. The first kappa shape index (κ1) is 20.9. The summed E-state index contributed by atoms with van der Waals surface area (Å²) in [5.41, 5.74) is 1.15. The van der Waals surface area contributed by atoms with Crippen molar-refractivity contribution in [2.24, 2.45) is 0 Å². The van der Waals surface area contributed by atoms with Gasteiger partial charge < -0.3 is 15.0 Å². The Morgan fingerprint density at radius 3 is 2.18 bits per heavy atom. The summed E-state index contributed by atoms with van der Waals surface area (Å²) in [6.07, 6.45) is 0.122. The Morgan fingerprint density at radius 2 is 1.64 bits per heavy atom. The number of carbonyl (C=O) groups is 2. The van der Waals surface area contributed by atoms with Crippen molar-refractivity contribution in [2.75, 3.05) is 25.0 Å². The van der Waals surface area contributed by atoms with Crippen molar-refractivity contribution in [3.8, 4) is 5.75 Å². The fourth-order valence-corrected chi connectivity index (χ4v) is 2.54. The van der Waals surface area contributed by atoms with Crippen LogP contribution in [0.2, 0.25) is 0 Å². The van der Waals surface area contributed by atoms with Crippen molar-refractivity contribution < 1.29 is 19.2 Å². The molecule has 0 fully saturated rings. The first-order chi connectivity index (χ1) is 13.4. The van der Waals surface area contributed by atoms with Crippen LogP contribution in [0.15, 0.2) is 48.5 Å². The van der Waals surface area contributed by atoms with Gasteiger partial charge in [-0.1, -0.05) is 0 Å². The van der Waals surface area contributed by atoms with Crippen LogP contribution in [0.4, 0.5) is 11.4 Å². The molecule has 0 saturated carbocycles. The van der Waals surface area contributed by atoms with Crippen LogP contribution in [0.1, 0.15) is 30.6 Å². The lowest BCUT2D eigenvalue weighted by molar-refractivity contribution is -0.384. The number of rotatable bonds is 9. The highest BCUT2D eigenvalue weighted by atomic mass is 16.6. The van der Waals surface area contributed by atoms with Crippen molar-refractivity contribution in [1.82, 2.24) is 4.90 Å². The summed E-state index contributed by atoms with van der Waals surface area (Å²) in [5, 5.41) is 13.3. The normalized spacial score (nSPS) is 10.2. The quantitative estimate of drug-likeness (QED) is 0.526. The first-order valence-electron chi connectivity index (χ1n) is 9.01. The lowest BCUT2D eigenvalue weighted by Gasteiger charge is -2.18. The molecule has 0 heterocycles. The number of hydrogen-bond acceptors (Lipinski definition) is 5. The molecular formula is C20H23N3O5. The molecule has 0 aliphatic rings. The number of benzene rings is 2. The van der Waals surface area contributed by atoms with Gasteiger partial charge in [-0.05, 0) is 50.2 Å².